The quantitative estimate of drug-likeness (QED) is 0.172. The van der Waals surface area contributed by atoms with Crippen molar-refractivity contribution in [1.82, 2.24) is 15.6 Å². The topological polar surface area (TPSA) is 89.6 Å². The number of ether oxygens (including phenoxy) is 2. The number of hydrogen-bond acceptors (Lipinski definition) is 7. The minimum Gasteiger partial charge on any atom is -0.474 e. The molecule has 0 saturated heterocycles. The van der Waals surface area contributed by atoms with Crippen molar-refractivity contribution in [3.8, 4) is 5.88 Å². The molecule has 1 aliphatic carbocycles. The highest BCUT2D eigenvalue weighted by molar-refractivity contribution is 5.81. The number of carbonyl (C=O) groups excluding carboxylic acids is 2. The number of halogens is 1. The summed E-state index contributed by atoms with van der Waals surface area (Å²) >= 11 is 0. The molecule has 2 rings (SSSR count). The molecule has 8 heteroatoms. The first-order valence-electron chi connectivity index (χ1n) is 15.5. The summed E-state index contributed by atoms with van der Waals surface area (Å²) in [7, 11) is 0. The van der Waals surface area contributed by atoms with Gasteiger partial charge in [0, 0.05) is 73.8 Å². The summed E-state index contributed by atoms with van der Waals surface area (Å²) < 4.78 is 26.1. The van der Waals surface area contributed by atoms with Crippen molar-refractivity contribution in [3.63, 3.8) is 0 Å². The van der Waals surface area contributed by atoms with Crippen molar-refractivity contribution in [1.29, 1.82) is 0 Å². The Morgan fingerprint density at radius 3 is 2.40 bits per heavy atom. The molecule has 228 valence electrons. The molecule has 1 saturated carbocycles. The fourth-order valence-electron chi connectivity index (χ4n) is 4.81. The lowest BCUT2D eigenvalue weighted by molar-refractivity contribution is -0.123. The lowest BCUT2D eigenvalue weighted by Crippen LogP contribution is -2.49. The maximum Gasteiger partial charge on any atom is 0.216 e. The zero-order chi connectivity index (χ0) is 29.5. The maximum atomic E-state index is 14.6. The van der Waals surface area contributed by atoms with Gasteiger partial charge in [-0.25, -0.2) is 9.37 Å². The summed E-state index contributed by atoms with van der Waals surface area (Å²) in [6.45, 7) is 14.5. The van der Waals surface area contributed by atoms with Crippen molar-refractivity contribution < 1.29 is 23.5 Å². The zero-order valence-corrected chi connectivity index (χ0v) is 25.8. The van der Waals surface area contributed by atoms with Crippen molar-refractivity contribution >= 4 is 11.6 Å². The van der Waals surface area contributed by atoms with Crippen LogP contribution in [0.3, 0.4) is 0 Å². The third-order valence-corrected chi connectivity index (χ3v) is 7.64. The van der Waals surface area contributed by atoms with Gasteiger partial charge in [0.2, 0.25) is 5.88 Å². The molecule has 7 nitrogen and oxygen atoms in total. The smallest absolute Gasteiger partial charge is 0.216 e. The molecule has 2 N–H and O–H groups in total. The fourth-order valence-corrected chi connectivity index (χ4v) is 4.81. The van der Waals surface area contributed by atoms with Gasteiger partial charge in [-0.05, 0) is 64.8 Å². The molecule has 40 heavy (non-hydrogen) atoms. The summed E-state index contributed by atoms with van der Waals surface area (Å²) in [4.78, 5) is 28.5. The standard InChI is InChI=1S/C32H54FN3O4/c1-22(2)30(37)10-7-8-16-39-17-9-15-34-25(6)12-11-24(5)31(38)14-13-26-21-35-32(20-29(26)33)40-28-18-27(19-28)36-23(3)4/h20-25,27-28,34,36H,7-19H2,1-6H3/t24?,25?,27-,28-. The van der Waals surface area contributed by atoms with Gasteiger partial charge in [0.05, 0.1) is 0 Å². The minimum atomic E-state index is -0.357. The third-order valence-electron chi connectivity index (χ3n) is 7.64. The molecule has 1 aromatic rings. The average Bonchev–Trinajstić information content (AvgIpc) is 2.88. The Labute approximate surface area is 241 Å². The first-order valence-corrected chi connectivity index (χ1v) is 15.5. The van der Waals surface area contributed by atoms with E-state index < -0.39 is 0 Å². The Morgan fingerprint density at radius 2 is 1.73 bits per heavy atom. The molecule has 0 radical (unpaired) electrons. The molecule has 0 spiro atoms. The predicted octanol–water partition coefficient (Wildman–Crippen LogP) is 5.83. The molecule has 1 aliphatic rings. The van der Waals surface area contributed by atoms with Crippen molar-refractivity contribution in [2.75, 3.05) is 19.8 Å². The van der Waals surface area contributed by atoms with E-state index in [2.05, 4.69) is 36.4 Å². The highest BCUT2D eigenvalue weighted by Crippen LogP contribution is 2.26. The van der Waals surface area contributed by atoms with E-state index in [-0.39, 0.29) is 29.5 Å². The lowest BCUT2D eigenvalue weighted by atomic mass is 9.89. The van der Waals surface area contributed by atoms with Gasteiger partial charge in [0.25, 0.3) is 0 Å². The predicted molar refractivity (Wildman–Crippen MR) is 158 cm³/mol. The lowest BCUT2D eigenvalue weighted by Gasteiger charge is -2.36. The monoisotopic (exact) mass is 563 g/mol. The summed E-state index contributed by atoms with van der Waals surface area (Å²) in [5.41, 5.74) is 0.460. The van der Waals surface area contributed by atoms with Gasteiger partial charge in [0.15, 0.2) is 0 Å². The second-order valence-electron chi connectivity index (χ2n) is 12.2. The SMILES string of the molecule is CC(CCC(C)C(=O)CCc1cnc(O[C@H]2C[C@H](NC(C)C)C2)cc1F)NCCCOCCCCC(=O)C(C)C. The second-order valence-corrected chi connectivity index (χ2v) is 12.2. The molecule has 0 aliphatic heterocycles. The number of rotatable bonds is 22. The van der Waals surface area contributed by atoms with E-state index in [0.717, 1.165) is 51.5 Å². The van der Waals surface area contributed by atoms with Crippen LogP contribution >= 0.6 is 0 Å². The number of Topliss-reactive ketones (excluding diaryl/α,β-unsaturated/α-hetero) is 2. The van der Waals surface area contributed by atoms with Crippen LogP contribution in [0.2, 0.25) is 0 Å². The van der Waals surface area contributed by atoms with Gasteiger partial charge in [0.1, 0.15) is 23.5 Å². The number of nitrogens with one attached hydrogen (secondary N) is 2. The first kappa shape index (κ1) is 34.3. The van der Waals surface area contributed by atoms with E-state index in [1.807, 2.05) is 20.8 Å². The summed E-state index contributed by atoms with van der Waals surface area (Å²) in [6.07, 6.45) is 9.18. The number of aromatic nitrogens is 1. The van der Waals surface area contributed by atoms with E-state index in [1.54, 1.807) is 0 Å². The molecule has 0 bridgehead atoms. The Morgan fingerprint density at radius 1 is 1.00 bits per heavy atom. The molecule has 1 aromatic heterocycles. The van der Waals surface area contributed by atoms with Crippen molar-refractivity contribution in [2.45, 2.75) is 130 Å². The maximum absolute atomic E-state index is 14.6. The van der Waals surface area contributed by atoms with Crippen LogP contribution in [0.4, 0.5) is 4.39 Å². The van der Waals surface area contributed by atoms with Crippen LogP contribution in [0.15, 0.2) is 12.3 Å². The number of unbranched alkanes of at least 4 members (excludes halogenated alkanes) is 1. The number of nitrogens with zero attached hydrogens (tertiary/aromatic N) is 1. The van der Waals surface area contributed by atoms with Crippen LogP contribution < -0.4 is 15.4 Å². The van der Waals surface area contributed by atoms with Gasteiger partial charge < -0.3 is 20.1 Å². The molecular formula is C32H54FN3O4. The Kier molecular flexibility index (Phi) is 15.9. The van der Waals surface area contributed by atoms with Gasteiger partial charge in [-0.3, -0.25) is 9.59 Å². The van der Waals surface area contributed by atoms with Crippen LogP contribution in [-0.4, -0.2) is 60.5 Å². The molecule has 2 unspecified atom stereocenters. The molecule has 0 amide bonds. The summed E-state index contributed by atoms with van der Waals surface area (Å²) in [5, 5.41) is 6.97. The number of aryl methyl sites for hydroxylation is 1. The molecular weight excluding hydrogens is 509 g/mol. The molecule has 1 heterocycles. The van der Waals surface area contributed by atoms with Crippen LogP contribution in [0, 0.1) is 17.7 Å². The van der Waals surface area contributed by atoms with Gasteiger partial charge in [-0.15, -0.1) is 0 Å². The molecule has 2 atom stereocenters. The largest absolute Gasteiger partial charge is 0.474 e. The van der Waals surface area contributed by atoms with E-state index in [9.17, 15) is 14.0 Å². The Bertz CT molecular complexity index is 889. The van der Waals surface area contributed by atoms with Gasteiger partial charge in [-0.1, -0.05) is 34.6 Å². The summed E-state index contributed by atoms with van der Waals surface area (Å²) in [6, 6.07) is 2.56. The van der Waals surface area contributed by atoms with Gasteiger partial charge >= 0.3 is 0 Å². The van der Waals surface area contributed by atoms with Crippen molar-refractivity contribution in [3.05, 3.63) is 23.6 Å². The molecule has 0 aromatic carbocycles. The van der Waals surface area contributed by atoms with Crippen molar-refractivity contribution in [2.24, 2.45) is 11.8 Å². The second kappa shape index (κ2) is 18.5. The van der Waals surface area contributed by atoms with Gasteiger partial charge in [-0.2, -0.15) is 0 Å². The minimum absolute atomic E-state index is 0.0557. The Balaban J connectivity index is 1.53. The number of ketones is 2. The van der Waals surface area contributed by atoms with Crippen LogP contribution in [0.5, 0.6) is 5.88 Å². The highest BCUT2D eigenvalue weighted by atomic mass is 19.1. The number of pyridine rings is 1. The van der Waals surface area contributed by atoms with Crippen LogP contribution in [-0.2, 0) is 20.7 Å². The van der Waals surface area contributed by atoms with E-state index in [1.165, 1.54) is 12.3 Å². The van der Waals surface area contributed by atoms with Crippen LogP contribution in [0.25, 0.3) is 0 Å². The third kappa shape index (κ3) is 13.6. The van der Waals surface area contributed by atoms with E-state index in [4.69, 9.17) is 9.47 Å². The summed E-state index contributed by atoms with van der Waals surface area (Å²) in [5.74, 6) is 0.516. The first-order chi connectivity index (χ1) is 19.0. The van der Waals surface area contributed by atoms with Crippen LogP contribution in [0.1, 0.15) is 105 Å². The fraction of sp³-hybridized carbons (Fsp3) is 0.781. The Hall–Kier alpha value is -1.90. The average molecular weight is 564 g/mol. The normalized spacial score (nSPS) is 18.5. The van der Waals surface area contributed by atoms with E-state index >= 15 is 0 Å². The number of carbonyl (C=O) groups is 2. The number of hydrogen-bond donors (Lipinski definition) is 2. The highest BCUT2D eigenvalue weighted by Gasteiger charge is 2.31. The zero-order valence-electron chi connectivity index (χ0n) is 25.8. The molecule has 1 fully saturated rings. The van der Waals surface area contributed by atoms with E-state index in [0.29, 0.717) is 67.8 Å².